The molecule has 5 nitrogen and oxygen atoms in total. The third-order valence-electron chi connectivity index (χ3n) is 3.79. The number of hydrogen-bond donors (Lipinski definition) is 2. The molecule has 0 spiro atoms. The van der Waals surface area contributed by atoms with Crippen molar-refractivity contribution >= 4 is 23.4 Å². The van der Waals surface area contributed by atoms with Crippen LogP contribution in [0.5, 0.6) is 0 Å². The Hall–Kier alpha value is -2.60. The molecule has 3 aromatic rings. The van der Waals surface area contributed by atoms with Crippen molar-refractivity contribution in [1.82, 2.24) is 15.2 Å². The molecule has 2 aromatic carbocycles. The Labute approximate surface area is 151 Å². The number of hydrogen-bond acceptors (Lipinski definition) is 4. The van der Waals surface area contributed by atoms with Gasteiger partial charge in [0.25, 0.3) is 0 Å². The minimum absolute atomic E-state index is 0.0904. The van der Waals surface area contributed by atoms with E-state index in [-0.39, 0.29) is 5.91 Å². The maximum absolute atomic E-state index is 13.0. The number of nitrogens with one attached hydrogen (secondary N) is 2. The summed E-state index contributed by atoms with van der Waals surface area (Å²) in [6.07, 6.45) is 0. The van der Waals surface area contributed by atoms with Crippen LogP contribution in [0.3, 0.4) is 0 Å². The first-order valence-electron chi connectivity index (χ1n) is 8.01. The number of aromatic amines is 1. The van der Waals surface area contributed by atoms with E-state index in [0.717, 1.165) is 28.2 Å². The summed E-state index contributed by atoms with van der Waals surface area (Å²) >= 11 is 1.33. The largest absolute Gasteiger partial charge is 0.325 e. The molecule has 25 heavy (non-hydrogen) atoms. The zero-order valence-corrected chi connectivity index (χ0v) is 15.2. The number of aromatic nitrogens is 3. The van der Waals surface area contributed by atoms with E-state index in [2.05, 4.69) is 20.5 Å². The van der Waals surface area contributed by atoms with Gasteiger partial charge in [-0.15, -0.1) is 5.10 Å². The summed E-state index contributed by atoms with van der Waals surface area (Å²) in [6, 6.07) is 15.7. The second-order valence-electron chi connectivity index (χ2n) is 5.92. The molecule has 1 aromatic heterocycles. The number of anilines is 1. The van der Waals surface area contributed by atoms with Crippen LogP contribution >= 0.6 is 11.8 Å². The average molecular weight is 352 g/mol. The number of carbonyl (C=O) groups excluding carboxylic acids is 1. The highest BCUT2D eigenvalue weighted by Crippen LogP contribution is 2.34. The van der Waals surface area contributed by atoms with Crippen LogP contribution in [0.4, 0.5) is 5.69 Å². The summed E-state index contributed by atoms with van der Waals surface area (Å²) in [7, 11) is 0. The molecule has 0 aliphatic heterocycles. The quantitative estimate of drug-likeness (QED) is 0.675. The van der Waals surface area contributed by atoms with Crippen molar-refractivity contribution in [3.05, 3.63) is 71.0 Å². The van der Waals surface area contributed by atoms with Crippen molar-refractivity contribution < 1.29 is 4.79 Å². The van der Waals surface area contributed by atoms with Gasteiger partial charge in [0.2, 0.25) is 11.1 Å². The molecule has 0 bridgehead atoms. The van der Waals surface area contributed by atoms with Gasteiger partial charge >= 0.3 is 0 Å². The van der Waals surface area contributed by atoms with Gasteiger partial charge in [-0.1, -0.05) is 54.2 Å². The van der Waals surface area contributed by atoms with Crippen molar-refractivity contribution in [3.63, 3.8) is 0 Å². The van der Waals surface area contributed by atoms with Crippen LogP contribution in [0.1, 0.15) is 27.8 Å². The molecular formula is C19H20N4OS. The summed E-state index contributed by atoms with van der Waals surface area (Å²) in [5.41, 5.74) is 3.88. The van der Waals surface area contributed by atoms with E-state index >= 15 is 0 Å². The predicted molar refractivity (Wildman–Crippen MR) is 101 cm³/mol. The van der Waals surface area contributed by atoms with E-state index in [1.165, 1.54) is 11.8 Å². The maximum Gasteiger partial charge on any atom is 0.242 e. The first-order valence-corrected chi connectivity index (χ1v) is 8.89. The van der Waals surface area contributed by atoms with Gasteiger partial charge in [0.05, 0.1) is 0 Å². The Bertz CT molecular complexity index is 876. The molecule has 0 aliphatic rings. The molecule has 0 fully saturated rings. The second-order valence-corrected chi connectivity index (χ2v) is 6.99. The third kappa shape index (κ3) is 4.28. The molecule has 0 saturated heterocycles. The molecule has 0 radical (unpaired) electrons. The second kappa shape index (κ2) is 7.53. The van der Waals surface area contributed by atoms with Gasteiger partial charge in [0, 0.05) is 5.69 Å². The number of thioether (sulfide) groups is 1. The van der Waals surface area contributed by atoms with E-state index < -0.39 is 5.25 Å². The molecule has 128 valence electrons. The lowest BCUT2D eigenvalue weighted by Gasteiger charge is -2.17. The van der Waals surface area contributed by atoms with E-state index in [4.69, 9.17) is 0 Å². The van der Waals surface area contributed by atoms with Crippen molar-refractivity contribution in [2.45, 2.75) is 31.2 Å². The first kappa shape index (κ1) is 17.2. The molecule has 6 heteroatoms. The van der Waals surface area contributed by atoms with Crippen LogP contribution in [-0.2, 0) is 4.79 Å². The fourth-order valence-corrected chi connectivity index (χ4v) is 3.41. The number of carbonyl (C=O) groups is 1. The molecule has 3 rings (SSSR count). The van der Waals surface area contributed by atoms with E-state index in [1.54, 1.807) is 0 Å². The summed E-state index contributed by atoms with van der Waals surface area (Å²) < 4.78 is 0. The average Bonchev–Trinajstić information content (AvgIpc) is 3.02. The zero-order valence-electron chi connectivity index (χ0n) is 14.4. The highest BCUT2D eigenvalue weighted by molar-refractivity contribution is 8.00. The van der Waals surface area contributed by atoms with Crippen LogP contribution in [0, 0.1) is 20.8 Å². The van der Waals surface area contributed by atoms with Crippen LogP contribution in [0.15, 0.2) is 53.7 Å². The van der Waals surface area contributed by atoms with Crippen LogP contribution in [0.2, 0.25) is 0 Å². The van der Waals surface area contributed by atoms with Gasteiger partial charge in [-0.3, -0.25) is 9.89 Å². The predicted octanol–water partition coefficient (Wildman–Crippen LogP) is 4.20. The Morgan fingerprint density at radius 2 is 1.88 bits per heavy atom. The molecule has 2 N–H and O–H groups in total. The van der Waals surface area contributed by atoms with Crippen LogP contribution < -0.4 is 5.32 Å². The van der Waals surface area contributed by atoms with Gasteiger partial charge in [-0.05, 0) is 43.5 Å². The number of amides is 1. The molecule has 0 saturated carbocycles. The Morgan fingerprint density at radius 3 is 2.56 bits per heavy atom. The van der Waals surface area contributed by atoms with Crippen LogP contribution in [-0.4, -0.2) is 21.1 Å². The molecule has 1 unspecified atom stereocenters. The number of benzene rings is 2. The fraction of sp³-hybridized carbons (Fsp3) is 0.211. The topological polar surface area (TPSA) is 70.7 Å². The van der Waals surface area contributed by atoms with Crippen LogP contribution in [0.25, 0.3) is 0 Å². The molecule has 1 atom stereocenters. The molecule has 1 amide bonds. The van der Waals surface area contributed by atoms with Crippen molar-refractivity contribution in [1.29, 1.82) is 0 Å². The van der Waals surface area contributed by atoms with Gasteiger partial charge in [0.15, 0.2) is 0 Å². The Kier molecular flexibility index (Phi) is 5.19. The minimum Gasteiger partial charge on any atom is -0.325 e. The van der Waals surface area contributed by atoms with Gasteiger partial charge in [-0.2, -0.15) is 0 Å². The standard InChI is InChI=1S/C19H20N4OS/c1-12-9-10-13(2)16(11-12)21-18(24)17(15-7-5-4-6-8-15)25-19-20-14(3)22-23-19/h4-11,17H,1-3H3,(H,21,24)(H,20,22,23). The highest BCUT2D eigenvalue weighted by Gasteiger charge is 2.24. The minimum atomic E-state index is -0.434. The normalized spacial score (nSPS) is 12.0. The smallest absolute Gasteiger partial charge is 0.242 e. The summed E-state index contributed by atoms with van der Waals surface area (Å²) in [5, 5.41) is 10.1. The third-order valence-corrected chi connectivity index (χ3v) is 4.91. The van der Waals surface area contributed by atoms with E-state index in [9.17, 15) is 4.79 Å². The first-order chi connectivity index (χ1) is 12.0. The van der Waals surface area contributed by atoms with Gasteiger partial charge < -0.3 is 5.32 Å². The van der Waals surface area contributed by atoms with E-state index in [1.807, 2.05) is 69.3 Å². The summed E-state index contributed by atoms with van der Waals surface area (Å²) in [6.45, 7) is 5.83. The highest BCUT2D eigenvalue weighted by atomic mass is 32.2. The molecular weight excluding hydrogens is 332 g/mol. The zero-order chi connectivity index (χ0) is 17.8. The molecule has 1 heterocycles. The van der Waals surface area contributed by atoms with Crippen molar-refractivity contribution in [2.24, 2.45) is 0 Å². The fourth-order valence-electron chi connectivity index (χ4n) is 2.45. The monoisotopic (exact) mass is 352 g/mol. The number of H-pyrrole nitrogens is 1. The number of nitrogens with zero attached hydrogens (tertiary/aromatic N) is 2. The lowest BCUT2D eigenvalue weighted by molar-refractivity contribution is -0.115. The van der Waals surface area contributed by atoms with E-state index in [0.29, 0.717) is 5.16 Å². The summed E-state index contributed by atoms with van der Waals surface area (Å²) in [5.74, 6) is 0.636. The van der Waals surface area contributed by atoms with Gasteiger partial charge in [0.1, 0.15) is 11.1 Å². The maximum atomic E-state index is 13.0. The Balaban J connectivity index is 1.88. The SMILES string of the molecule is Cc1ccc(C)c(NC(=O)C(Sc2n[nH]c(C)n2)c2ccccc2)c1. The lowest BCUT2D eigenvalue weighted by Crippen LogP contribution is -2.19. The number of aryl methyl sites for hydroxylation is 3. The number of rotatable bonds is 5. The lowest BCUT2D eigenvalue weighted by atomic mass is 10.1. The van der Waals surface area contributed by atoms with Crippen molar-refractivity contribution in [3.8, 4) is 0 Å². The summed E-state index contributed by atoms with van der Waals surface area (Å²) in [4.78, 5) is 17.3. The molecule has 0 aliphatic carbocycles. The Morgan fingerprint density at radius 1 is 1.12 bits per heavy atom. The van der Waals surface area contributed by atoms with Crippen molar-refractivity contribution in [2.75, 3.05) is 5.32 Å². The van der Waals surface area contributed by atoms with Gasteiger partial charge in [-0.25, -0.2) is 4.98 Å².